The number of rotatable bonds is 7. The fraction of sp³-hybridized carbons (Fsp3) is 1.00. The topological polar surface area (TPSA) is 68.2 Å². The van der Waals surface area contributed by atoms with E-state index in [1.54, 1.807) is 0 Å². The highest BCUT2D eigenvalue weighted by Gasteiger charge is 2.76. The third-order valence-corrected chi connectivity index (χ3v) is 1.48. The van der Waals surface area contributed by atoms with Gasteiger partial charge in [-0.1, -0.05) is 0 Å². The maximum absolute atomic E-state index is 13.0. The monoisotopic (exact) mass is 310 g/mol. The van der Waals surface area contributed by atoms with Crippen LogP contribution in [0.5, 0.6) is 0 Å². The van der Waals surface area contributed by atoms with Gasteiger partial charge in [0.25, 0.3) is 0 Å². The molecule has 0 aromatic rings. The van der Waals surface area contributed by atoms with Gasteiger partial charge in [0, 0.05) is 0 Å². The van der Waals surface area contributed by atoms with Crippen LogP contribution in [0.1, 0.15) is 0 Å². The first-order chi connectivity index (χ1) is 8.33. The number of ether oxygens (including phenoxy) is 3. The normalized spacial score (nSPS) is 17.4. The third kappa shape index (κ3) is 4.10. The molecule has 0 rings (SSSR count). The van der Waals surface area contributed by atoms with E-state index < -0.39 is 38.0 Å². The standard InChI is InChI=1S/C6H6F8O5/c7-3(17-1-15,4(8,9)10)5(11,12)19-6(13,14)18-2-16/h15-16H,1-2H2. The lowest BCUT2D eigenvalue weighted by molar-refractivity contribution is -0.540. The maximum atomic E-state index is 13.0. The van der Waals surface area contributed by atoms with Gasteiger partial charge in [-0.05, 0) is 0 Å². The molecule has 5 nitrogen and oxygen atoms in total. The van der Waals surface area contributed by atoms with Crippen LogP contribution < -0.4 is 0 Å². The molecule has 0 saturated carbocycles. The quantitative estimate of drug-likeness (QED) is 0.548. The van der Waals surface area contributed by atoms with Crippen molar-refractivity contribution >= 4 is 0 Å². The Balaban J connectivity index is 5.32. The average Bonchev–Trinajstić information content (AvgIpc) is 2.13. The van der Waals surface area contributed by atoms with Gasteiger partial charge in [0.15, 0.2) is 6.79 Å². The molecule has 0 saturated heterocycles. The van der Waals surface area contributed by atoms with Gasteiger partial charge in [0.2, 0.25) is 0 Å². The molecule has 0 fully saturated rings. The molecule has 0 radical (unpaired) electrons. The summed E-state index contributed by atoms with van der Waals surface area (Å²) in [4.78, 5) is 0. The zero-order valence-corrected chi connectivity index (χ0v) is 8.56. The number of hydrogen-bond donors (Lipinski definition) is 2. The molecule has 0 bridgehead atoms. The Morgan fingerprint density at radius 3 is 1.47 bits per heavy atom. The minimum Gasteiger partial charge on any atom is -0.370 e. The van der Waals surface area contributed by atoms with Gasteiger partial charge < -0.3 is 14.9 Å². The van der Waals surface area contributed by atoms with E-state index in [1.165, 1.54) is 0 Å². The van der Waals surface area contributed by atoms with Crippen LogP contribution in [0.3, 0.4) is 0 Å². The smallest absolute Gasteiger partial charge is 0.370 e. The Kier molecular flexibility index (Phi) is 5.47. The fourth-order valence-corrected chi connectivity index (χ4v) is 0.739. The first-order valence-electron chi connectivity index (χ1n) is 4.04. The first kappa shape index (κ1) is 18.2. The highest BCUT2D eigenvalue weighted by Crippen LogP contribution is 2.48. The minimum atomic E-state index is -6.52. The Bertz CT molecular complexity index is 294. The fourth-order valence-electron chi connectivity index (χ4n) is 0.739. The average molecular weight is 310 g/mol. The van der Waals surface area contributed by atoms with E-state index in [0.717, 1.165) is 0 Å². The Labute approximate surface area is 98.8 Å². The van der Waals surface area contributed by atoms with E-state index in [0.29, 0.717) is 0 Å². The number of halogens is 8. The van der Waals surface area contributed by atoms with Crippen molar-refractivity contribution in [1.29, 1.82) is 0 Å². The molecule has 19 heavy (non-hydrogen) atoms. The molecule has 0 heterocycles. The van der Waals surface area contributed by atoms with Crippen LogP contribution in [0.15, 0.2) is 0 Å². The first-order valence-corrected chi connectivity index (χ1v) is 4.04. The predicted octanol–water partition coefficient (Wildman–Crippen LogP) is 1.31. The van der Waals surface area contributed by atoms with Gasteiger partial charge in [0.1, 0.15) is 6.79 Å². The minimum absolute atomic E-state index is 1.91. The Hall–Kier alpha value is -0.760. The highest BCUT2D eigenvalue weighted by molar-refractivity contribution is 4.86. The summed E-state index contributed by atoms with van der Waals surface area (Å²) >= 11 is 0. The summed E-state index contributed by atoms with van der Waals surface area (Å²) in [7, 11) is 0. The van der Waals surface area contributed by atoms with E-state index in [9.17, 15) is 35.1 Å². The van der Waals surface area contributed by atoms with Gasteiger partial charge in [-0.25, -0.2) is 4.74 Å². The summed E-state index contributed by atoms with van der Waals surface area (Å²) in [6.07, 6.45) is -18.2. The number of aliphatic hydroxyl groups excluding tert-OH is 2. The van der Waals surface area contributed by atoms with E-state index in [-0.39, 0.29) is 0 Å². The Morgan fingerprint density at radius 2 is 1.16 bits per heavy atom. The molecule has 0 aliphatic rings. The second-order valence-corrected chi connectivity index (χ2v) is 2.72. The summed E-state index contributed by atoms with van der Waals surface area (Å²) in [5, 5.41) is 15.8. The molecule has 0 amide bonds. The zero-order valence-electron chi connectivity index (χ0n) is 8.56. The van der Waals surface area contributed by atoms with Gasteiger partial charge in [-0.3, -0.25) is 4.74 Å². The van der Waals surface area contributed by atoms with Crippen molar-refractivity contribution < 1.29 is 59.5 Å². The predicted molar refractivity (Wildman–Crippen MR) is 37.2 cm³/mol. The van der Waals surface area contributed by atoms with Crippen molar-refractivity contribution in [2.45, 2.75) is 24.4 Å². The lowest BCUT2D eigenvalue weighted by Gasteiger charge is -2.34. The summed E-state index contributed by atoms with van der Waals surface area (Å²) in [6.45, 7) is -4.11. The van der Waals surface area contributed by atoms with Crippen molar-refractivity contribution in [3.8, 4) is 0 Å². The number of hydrogen-bond acceptors (Lipinski definition) is 5. The summed E-state index contributed by atoms with van der Waals surface area (Å²) < 4.78 is 107. The van der Waals surface area contributed by atoms with E-state index in [4.69, 9.17) is 10.2 Å². The van der Waals surface area contributed by atoms with Crippen molar-refractivity contribution in [2.24, 2.45) is 0 Å². The van der Waals surface area contributed by atoms with E-state index in [1.807, 2.05) is 0 Å². The molecule has 0 aromatic carbocycles. The van der Waals surface area contributed by atoms with Crippen LogP contribution >= 0.6 is 0 Å². The molecule has 0 aliphatic carbocycles. The second-order valence-electron chi connectivity index (χ2n) is 2.72. The van der Waals surface area contributed by atoms with Crippen LogP contribution in [0.4, 0.5) is 35.1 Å². The van der Waals surface area contributed by atoms with Gasteiger partial charge in [-0.2, -0.15) is 26.3 Å². The van der Waals surface area contributed by atoms with Crippen molar-refractivity contribution in [3.63, 3.8) is 0 Å². The van der Waals surface area contributed by atoms with Gasteiger partial charge in [-0.15, -0.1) is 8.78 Å². The van der Waals surface area contributed by atoms with Crippen molar-refractivity contribution in [1.82, 2.24) is 0 Å². The molecule has 116 valence electrons. The lowest BCUT2D eigenvalue weighted by Crippen LogP contribution is -2.60. The summed E-state index contributed by atoms with van der Waals surface area (Å²) in [5.74, 6) is -6.06. The Morgan fingerprint density at radius 1 is 0.737 bits per heavy atom. The van der Waals surface area contributed by atoms with E-state index >= 15 is 0 Å². The molecule has 0 spiro atoms. The van der Waals surface area contributed by atoms with Gasteiger partial charge >= 0.3 is 24.4 Å². The van der Waals surface area contributed by atoms with E-state index in [2.05, 4.69) is 14.2 Å². The molecule has 1 atom stereocenters. The number of aliphatic hydroxyl groups is 2. The van der Waals surface area contributed by atoms with Crippen LogP contribution in [0.25, 0.3) is 0 Å². The summed E-state index contributed by atoms with van der Waals surface area (Å²) in [6, 6.07) is 0. The zero-order chi connectivity index (χ0) is 15.5. The van der Waals surface area contributed by atoms with Crippen LogP contribution in [0.2, 0.25) is 0 Å². The molecule has 0 aliphatic heterocycles. The molecular formula is C6H6F8O5. The summed E-state index contributed by atoms with van der Waals surface area (Å²) in [5.41, 5.74) is 0. The van der Waals surface area contributed by atoms with Crippen LogP contribution in [-0.2, 0) is 14.2 Å². The molecule has 0 aromatic heterocycles. The molecule has 13 heteroatoms. The molecule has 1 unspecified atom stereocenters. The highest BCUT2D eigenvalue weighted by atomic mass is 19.4. The van der Waals surface area contributed by atoms with Crippen molar-refractivity contribution in [2.75, 3.05) is 13.6 Å². The largest absolute Gasteiger partial charge is 0.492 e. The SMILES string of the molecule is OCOC(F)(F)OC(F)(F)C(F)(OCO)C(F)(F)F. The van der Waals surface area contributed by atoms with Crippen LogP contribution in [-0.4, -0.2) is 48.2 Å². The molecular weight excluding hydrogens is 304 g/mol. The van der Waals surface area contributed by atoms with Crippen LogP contribution in [0, 0.1) is 0 Å². The molecule has 2 N–H and O–H groups in total. The number of alkyl halides is 8. The van der Waals surface area contributed by atoms with Crippen molar-refractivity contribution in [3.05, 3.63) is 0 Å². The van der Waals surface area contributed by atoms with Gasteiger partial charge in [0.05, 0.1) is 0 Å². The maximum Gasteiger partial charge on any atom is 0.492 e. The lowest BCUT2D eigenvalue weighted by atomic mass is 10.2. The third-order valence-electron chi connectivity index (χ3n) is 1.48. The second kappa shape index (κ2) is 5.70.